The van der Waals surface area contributed by atoms with Crippen molar-refractivity contribution in [2.24, 2.45) is 0 Å². The fourth-order valence-corrected chi connectivity index (χ4v) is 2.87. The molecule has 138 valence electrons. The van der Waals surface area contributed by atoms with Crippen LogP contribution in [-0.4, -0.2) is 22.6 Å². The number of aryl methyl sites for hydroxylation is 2. The van der Waals surface area contributed by atoms with Crippen LogP contribution < -0.4 is 15.6 Å². The summed E-state index contributed by atoms with van der Waals surface area (Å²) in [5.41, 5.74) is 3.91. The Balaban J connectivity index is 1.73. The van der Waals surface area contributed by atoms with Crippen LogP contribution in [0.25, 0.3) is 11.3 Å². The molecule has 6 nitrogen and oxygen atoms in total. The Hall–Kier alpha value is -3.41. The Kier molecular flexibility index (Phi) is 5.35. The first kappa shape index (κ1) is 18.4. The summed E-state index contributed by atoms with van der Waals surface area (Å²) in [5.74, 6) is 0.455. The molecular formula is C21H21N3O3. The molecular weight excluding hydrogens is 342 g/mol. The molecule has 0 saturated carbocycles. The van der Waals surface area contributed by atoms with Gasteiger partial charge in [-0.25, -0.2) is 4.98 Å². The highest BCUT2D eigenvalue weighted by Gasteiger charge is 2.08. The van der Waals surface area contributed by atoms with Gasteiger partial charge in [0, 0.05) is 17.3 Å². The van der Waals surface area contributed by atoms with Crippen LogP contribution in [0.5, 0.6) is 5.75 Å². The highest BCUT2D eigenvalue weighted by molar-refractivity contribution is 5.90. The fourth-order valence-electron chi connectivity index (χ4n) is 2.87. The molecule has 2 aromatic carbocycles. The number of nitrogens with one attached hydrogen (secondary N) is 1. The van der Waals surface area contributed by atoms with Crippen molar-refractivity contribution in [1.82, 2.24) is 9.55 Å². The Morgan fingerprint density at radius 3 is 2.33 bits per heavy atom. The number of carbonyl (C=O) groups is 1. The molecule has 0 aliphatic rings. The number of carbonyl (C=O) groups excluding carboxylic acids is 1. The van der Waals surface area contributed by atoms with Gasteiger partial charge in [0.05, 0.1) is 19.1 Å². The van der Waals surface area contributed by atoms with Crippen LogP contribution in [0.1, 0.15) is 11.1 Å². The molecule has 0 saturated heterocycles. The van der Waals surface area contributed by atoms with Crippen LogP contribution in [0.3, 0.4) is 0 Å². The van der Waals surface area contributed by atoms with Gasteiger partial charge in [0.1, 0.15) is 12.3 Å². The van der Waals surface area contributed by atoms with E-state index in [1.165, 1.54) is 17.0 Å². The van der Waals surface area contributed by atoms with E-state index < -0.39 is 0 Å². The van der Waals surface area contributed by atoms with Crippen molar-refractivity contribution in [2.75, 3.05) is 12.4 Å². The molecule has 6 heteroatoms. The average molecular weight is 363 g/mol. The smallest absolute Gasteiger partial charge is 0.254 e. The molecule has 1 amide bonds. The standard InChI is InChI=1S/C21H21N3O3/c1-14-8-15(2)10-17(9-14)23-20(25)12-24-13-22-19(11-21(24)26)16-4-6-18(27-3)7-5-16/h4-11,13H,12H2,1-3H3,(H,23,25). The zero-order valence-corrected chi connectivity index (χ0v) is 15.5. The zero-order chi connectivity index (χ0) is 19.4. The summed E-state index contributed by atoms with van der Waals surface area (Å²) in [5, 5.41) is 2.82. The minimum atomic E-state index is -0.286. The molecule has 0 bridgehead atoms. The van der Waals surface area contributed by atoms with Crippen LogP contribution in [0.2, 0.25) is 0 Å². The number of methoxy groups -OCH3 is 1. The molecule has 1 heterocycles. The molecule has 3 aromatic rings. The second-order valence-electron chi connectivity index (χ2n) is 6.39. The summed E-state index contributed by atoms with van der Waals surface area (Å²) in [6.45, 7) is 3.84. The Morgan fingerprint density at radius 2 is 1.74 bits per heavy atom. The van der Waals surface area contributed by atoms with Crippen LogP contribution in [0.4, 0.5) is 5.69 Å². The Morgan fingerprint density at radius 1 is 1.07 bits per heavy atom. The van der Waals surface area contributed by atoms with E-state index in [4.69, 9.17) is 4.74 Å². The highest BCUT2D eigenvalue weighted by Crippen LogP contribution is 2.19. The van der Waals surface area contributed by atoms with Gasteiger partial charge < -0.3 is 10.1 Å². The number of benzene rings is 2. The topological polar surface area (TPSA) is 73.2 Å². The van der Waals surface area contributed by atoms with E-state index >= 15 is 0 Å². The molecule has 0 radical (unpaired) electrons. The normalized spacial score (nSPS) is 10.5. The molecule has 0 spiro atoms. The fraction of sp³-hybridized carbons (Fsp3) is 0.190. The maximum absolute atomic E-state index is 12.4. The molecule has 0 aliphatic carbocycles. The predicted molar refractivity (Wildman–Crippen MR) is 105 cm³/mol. The van der Waals surface area contributed by atoms with Gasteiger partial charge in [-0.05, 0) is 61.4 Å². The minimum Gasteiger partial charge on any atom is -0.497 e. The zero-order valence-electron chi connectivity index (χ0n) is 15.5. The van der Waals surface area contributed by atoms with Gasteiger partial charge in [-0.1, -0.05) is 6.07 Å². The molecule has 0 fully saturated rings. The number of aromatic nitrogens is 2. The van der Waals surface area contributed by atoms with Crippen molar-refractivity contribution >= 4 is 11.6 Å². The number of rotatable bonds is 5. The van der Waals surface area contributed by atoms with Crippen molar-refractivity contribution < 1.29 is 9.53 Å². The monoisotopic (exact) mass is 363 g/mol. The van der Waals surface area contributed by atoms with Gasteiger partial charge in [0.25, 0.3) is 5.56 Å². The highest BCUT2D eigenvalue weighted by atomic mass is 16.5. The van der Waals surface area contributed by atoms with Crippen LogP contribution in [-0.2, 0) is 11.3 Å². The number of nitrogens with zero attached hydrogens (tertiary/aromatic N) is 2. The van der Waals surface area contributed by atoms with Gasteiger partial charge in [-0.15, -0.1) is 0 Å². The van der Waals surface area contributed by atoms with Gasteiger partial charge in [-0.2, -0.15) is 0 Å². The van der Waals surface area contributed by atoms with Crippen LogP contribution >= 0.6 is 0 Å². The first-order valence-corrected chi connectivity index (χ1v) is 8.53. The van der Waals surface area contributed by atoms with E-state index in [0.717, 1.165) is 22.4 Å². The molecule has 0 aliphatic heterocycles. The second-order valence-corrected chi connectivity index (χ2v) is 6.39. The molecule has 3 rings (SSSR count). The summed E-state index contributed by atoms with van der Waals surface area (Å²) in [7, 11) is 1.59. The minimum absolute atomic E-state index is 0.0955. The van der Waals surface area contributed by atoms with Gasteiger partial charge in [0.2, 0.25) is 5.91 Å². The number of ether oxygens (including phenoxy) is 1. The predicted octanol–water partition coefficient (Wildman–Crippen LogP) is 3.17. The summed E-state index contributed by atoms with van der Waals surface area (Å²) in [6, 6.07) is 14.5. The number of hydrogen-bond acceptors (Lipinski definition) is 4. The van der Waals surface area contributed by atoms with Crippen LogP contribution in [0.15, 0.2) is 59.7 Å². The summed E-state index contributed by atoms with van der Waals surface area (Å²) < 4.78 is 6.41. The number of anilines is 1. The third-order valence-corrected chi connectivity index (χ3v) is 4.08. The van der Waals surface area contributed by atoms with Crippen molar-refractivity contribution in [1.29, 1.82) is 0 Å². The summed E-state index contributed by atoms with van der Waals surface area (Å²) in [4.78, 5) is 28.9. The maximum Gasteiger partial charge on any atom is 0.254 e. The third kappa shape index (κ3) is 4.61. The van der Waals surface area contributed by atoms with E-state index in [2.05, 4.69) is 10.3 Å². The quantitative estimate of drug-likeness (QED) is 0.756. The summed E-state index contributed by atoms with van der Waals surface area (Å²) >= 11 is 0. The molecule has 1 N–H and O–H groups in total. The van der Waals surface area contributed by atoms with Gasteiger partial charge in [-0.3, -0.25) is 14.2 Å². The second kappa shape index (κ2) is 7.86. The van der Waals surface area contributed by atoms with Crippen molar-refractivity contribution in [3.63, 3.8) is 0 Å². The maximum atomic E-state index is 12.4. The van der Waals surface area contributed by atoms with Gasteiger partial charge in [0.15, 0.2) is 0 Å². The lowest BCUT2D eigenvalue weighted by Gasteiger charge is -2.09. The number of amides is 1. The van der Waals surface area contributed by atoms with Crippen LogP contribution in [0, 0.1) is 13.8 Å². The lowest BCUT2D eigenvalue weighted by molar-refractivity contribution is -0.116. The van der Waals surface area contributed by atoms with Gasteiger partial charge >= 0.3 is 0 Å². The molecule has 0 atom stereocenters. The molecule has 0 unspecified atom stereocenters. The van der Waals surface area contributed by atoms with Crippen molar-refractivity contribution in [3.05, 3.63) is 76.3 Å². The first-order chi connectivity index (χ1) is 12.9. The Bertz CT molecular complexity index is 1000. The lowest BCUT2D eigenvalue weighted by Crippen LogP contribution is -2.27. The van der Waals surface area contributed by atoms with Crippen molar-refractivity contribution in [2.45, 2.75) is 20.4 Å². The first-order valence-electron chi connectivity index (χ1n) is 8.53. The van der Waals surface area contributed by atoms with E-state index in [9.17, 15) is 9.59 Å². The van der Waals surface area contributed by atoms with E-state index in [1.807, 2.05) is 44.2 Å². The SMILES string of the molecule is COc1ccc(-c2cc(=O)n(CC(=O)Nc3cc(C)cc(C)c3)cn2)cc1. The third-order valence-electron chi connectivity index (χ3n) is 4.08. The van der Waals surface area contributed by atoms with E-state index in [-0.39, 0.29) is 18.0 Å². The molecule has 27 heavy (non-hydrogen) atoms. The lowest BCUT2D eigenvalue weighted by atomic mass is 10.1. The summed E-state index contributed by atoms with van der Waals surface area (Å²) in [6.07, 6.45) is 1.39. The molecule has 1 aromatic heterocycles. The van der Waals surface area contributed by atoms with E-state index in [1.54, 1.807) is 19.2 Å². The average Bonchev–Trinajstić information content (AvgIpc) is 2.62. The van der Waals surface area contributed by atoms with Crippen molar-refractivity contribution in [3.8, 4) is 17.0 Å². The Labute approximate surface area is 157 Å². The largest absolute Gasteiger partial charge is 0.497 e. The number of hydrogen-bond donors (Lipinski definition) is 1. The van der Waals surface area contributed by atoms with E-state index in [0.29, 0.717) is 11.4 Å².